The smallest absolute Gasteiger partial charge is 0.320 e. The zero-order chi connectivity index (χ0) is 13.3. The number of halogens is 3. The minimum atomic E-state index is -6.28. The third-order valence-electron chi connectivity index (χ3n) is 1.88. The Bertz CT molecular complexity index is 525. The molecule has 1 rings (SSSR count). The van der Waals surface area contributed by atoms with E-state index in [9.17, 15) is 25.9 Å². The lowest BCUT2D eigenvalue weighted by Crippen LogP contribution is -2.39. The van der Waals surface area contributed by atoms with Crippen molar-refractivity contribution < 1.29 is 25.9 Å². The molecule has 0 fully saturated rings. The van der Waals surface area contributed by atoms with Gasteiger partial charge < -0.3 is 5.32 Å². The number of alkyl halides is 2. The van der Waals surface area contributed by atoms with Gasteiger partial charge in [-0.1, -0.05) is 21.6 Å². The van der Waals surface area contributed by atoms with Crippen LogP contribution in [0.2, 0.25) is 0 Å². The molecule has 0 radical (unpaired) electrons. The number of nitrogens with one attached hydrogen (secondary N) is 1. The van der Waals surface area contributed by atoms with Gasteiger partial charge in [0, 0.05) is 5.69 Å². The summed E-state index contributed by atoms with van der Waals surface area (Å²) in [6.45, 7) is 1.73. The fourth-order valence-electron chi connectivity index (χ4n) is 0.951. The van der Waals surface area contributed by atoms with E-state index in [-0.39, 0.29) is 5.69 Å². The second kappa shape index (κ2) is 4.36. The fraction of sp³-hybridized carbons (Fsp3) is 0.222. The van der Waals surface area contributed by atoms with Crippen molar-refractivity contribution in [3.8, 4) is 0 Å². The molecule has 8 heteroatoms. The lowest BCUT2D eigenvalue weighted by Gasteiger charge is -2.11. The van der Waals surface area contributed by atoms with Gasteiger partial charge in [0.25, 0.3) is 0 Å². The minimum Gasteiger partial charge on any atom is -0.320 e. The second-order valence-corrected chi connectivity index (χ2v) is 4.66. The topological polar surface area (TPSA) is 63.2 Å². The molecule has 0 saturated carbocycles. The number of carbonyl (C=O) groups is 1. The van der Waals surface area contributed by atoms with Gasteiger partial charge >= 0.3 is 21.4 Å². The van der Waals surface area contributed by atoms with E-state index in [1.807, 2.05) is 0 Å². The summed E-state index contributed by atoms with van der Waals surface area (Å²) < 4.78 is 57.7. The lowest BCUT2D eigenvalue weighted by atomic mass is 10.2. The van der Waals surface area contributed by atoms with Crippen LogP contribution in [0.25, 0.3) is 0 Å². The van der Waals surface area contributed by atoms with E-state index in [1.54, 1.807) is 12.2 Å². The number of benzene rings is 1. The maximum absolute atomic E-state index is 12.7. The molecule has 1 amide bonds. The Kier molecular flexibility index (Phi) is 3.46. The summed E-state index contributed by atoms with van der Waals surface area (Å²) in [5.41, 5.74) is 0.761. The highest BCUT2D eigenvalue weighted by atomic mass is 32.3. The van der Waals surface area contributed by atoms with E-state index in [2.05, 4.69) is 0 Å². The molecule has 0 aliphatic rings. The highest BCUT2D eigenvalue weighted by molar-refractivity contribution is 7.88. The van der Waals surface area contributed by atoms with E-state index >= 15 is 0 Å². The Labute approximate surface area is 95.7 Å². The van der Waals surface area contributed by atoms with Crippen molar-refractivity contribution in [3.63, 3.8) is 0 Å². The van der Waals surface area contributed by atoms with Gasteiger partial charge in [0.1, 0.15) is 0 Å². The lowest BCUT2D eigenvalue weighted by molar-refractivity contribution is -0.130. The monoisotopic (exact) mass is 267 g/mol. The second-order valence-electron chi connectivity index (χ2n) is 3.27. The van der Waals surface area contributed by atoms with Crippen molar-refractivity contribution in [1.82, 2.24) is 0 Å². The number of amides is 1. The first-order valence-electron chi connectivity index (χ1n) is 4.35. The Morgan fingerprint density at radius 3 is 2.12 bits per heavy atom. The molecular weight excluding hydrogens is 259 g/mol. The van der Waals surface area contributed by atoms with Crippen molar-refractivity contribution in [1.29, 1.82) is 0 Å². The van der Waals surface area contributed by atoms with E-state index in [1.165, 1.54) is 24.3 Å². The van der Waals surface area contributed by atoms with Crippen LogP contribution in [0.3, 0.4) is 0 Å². The summed E-state index contributed by atoms with van der Waals surface area (Å²) in [5.74, 6) is -2.23. The van der Waals surface area contributed by atoms with Crippen LogP contribution < -0.4 is 5.32 Å². The number of hydrogen-bond donors (Lipinski definition) is 1. The molecule has 94 valence electrons. The summed E-state index contributed by atoms with van der Waals surface area (Å²) in [4.78, 5) is 10.9. The van der Waals surface area contributed by atoms with Gasteiger partial charge in [-0.25, -0.2) is 0 Å². The SMILES string of the molecule is Cc1ccc(NC(=O)C(F)(F)S(=O)(=O)F)cc1. The highest BCUT2D eigenvalue weighted by Crippen LogP contribution is 2.25. The minimum absolute atomic E-state index is 0.0519. The van der Waals surface area contributed by atoms with Crippen LogP contribution in [0.5, 0.6) is 0 Å². The third-order valence-corrected chi connectivity index (χ3v) is 2.68. The molecule has 0 heterocycles. The Hall–Kier alpha value is -1.57. The average Bonchev–Trinajstić information content (AvgIpc) is 2.19. The quantitative estimate of drug-likeness (QED) is 0.850. The first-order chi connectivity index (χ1) is 7.64. The molecule has 0 aliphatic heterocycles. The van der Waals surface area contributed by atoms with E-state index in [0.29, 0.717) is 0 Å². The molecule has 1 aromatic carbocycles. The molecule has 0 aromatic heterocycles. The van der Waals surface area contributed by atoms with Crippen molar-refractivity contribution in [2.75, 3.05) is 5.32 Å². The van der Waals surface area contributed by atoms with Gasteiger partial charge in [0.05, 0.1) is 0 Å². The Balaban J connectivity index is 2.90. The molecule has 1 N–H and O–H groups in total. The van der Waals surface area contributed by atoms with Gasteiger partial charge in [0.15, 0.2) is 0 Å². The Morgan fingerprint density at radius 2 is 1.71 bits per heavy atom. The van der Waals surface area contributed by atoms with E-state index in [0.717, 1.165) is 5.56 Å². The van der Waals surface area contributed by atoms with Gasteiger partial charge in [0.2, 0.25) is 0 Å². The molecule has 0 unspecified atom stereocenters. The third kappa shape index (κ3) is 2.96. The predicted octanol–water partition coefficient (Wildman–Crippen LogP) is 1.83. The summed E-state index contributed by atoms with van der Waals surface area (Å²) in [5, 5.41) is -3.49. The first-order valence-corrected chi connectivity index (χ1v) is 5.73. The van der Waals surface area contributed by atoms with Crippen molar-refractivity contribution in [2.24, 2.45) is 0 Å². The summed E-state index contributed by atoms with van der Waals surface area (Å²) >= 11 is 0. The number of rotatable bonds is 3. The molecule has 0 spiro atoms. The highest BCUT2D eigenvalue weighted by Gasteiger charge is 2.53. The van der Waals surface area contributed by atoms with E-state index < -0.39 is 21.4 Å². The maximum Gasteiger partial charge on any atom is 0.451 e. The zero-order valence-corrected chi connectivity index (χ0v) is 9.39. The van der Waals surface area contributed by atoms with E-state index in [4.69, 9.17) is 0 Å². The maximum atomic E-state index is 12.7. The number of carbonyl (C=O) groups excluding carboxylic acids is 1. The normalized spacial score (nSPS) is 12.2. The molecule has 0 aliphatic carbocycles. The molecule has 1 aromatic rings. The van der Waals surface area contributed by atoms with Crippen LogP contribution in [0, 0.1) is 6.92 Å². The molecule has 0 bridgehead atoms. The number of hydrogen-bond acceptors (Lipinski definition) is 3. The summed E-state index contributed by atoms with van der Waals surface area (Å²) in [6.07, 6.45) is 0. The van der Waals surface area contributed by atoms with Crippen LogP contribution in [0.15, 0.2) is 24.3 Å². The zero-order valence-electron chi connectivity index (χ0n) is 8.58. The van der Waals surface area contributed by atoms with Gasteiger partial charge in [-0.3, -0.25) is 4.79 Å². The molecule has 0 atom stereocenters. The standard InChI is InChI=1S/C9H8F3NO3S/c1-6-2-4-7(5-3-6)13-8(14)9(10,11)17(12,15)16/h2-5H,1H3,(H,13,14). The van der Waals surface area contributed by atoms with Crippen LogP contribution in [-0.2, 0) is 15.0 Å². The van der Waals surface area contributed by atoms with Crippen LogP contribution in [0.1, 0.15) is 5.56 Å². The van der Waals surface area contributed by atoms with Crippen molar-refractivity contribution in [3.05, 3.63) is 29.8 Å². The molecule has 0 saturated heterocycles. The largest absolute Gasteiger partial charge is 0.451 e. The summed E-state index contributed by atoms with van der Waals surface area (Å²) in [7, 11) is -6.28. The fourth-order valence-corrected chi connectivity index (χ4v) is 1.22. The van der Waals surface area contributed by atoms with Gasteiger partial charge in [-0.2, -0.15) is 17.2 Å². The number of aryl methyl sites for hydroxylation is 1. The summed E-state index contributed by atoms with van der Waals surface area (Å²) in [6, 6.07) is 5.59. The molecule has 17 heavy (non-hydrogen) atoms. The first kappa shape index (κ1) is 13.5. The molecular formula is C9H8F3NO3S. The predicted molar refractivity (Wildman–Crippen MR) is 54.8 cm³/mol. The Morgan fingerprint density at radius 1 is 1.24 bits per heavy atom. The average molecular weight is 267 g/mol. The van der Waals surface area contributed by atoms with Crippen molar-refractivity contribution >= 4 is 21.8 Å². The van der Waals surface area contributed by atoms with Gasteiger partial charge in [-0.15, -0.1) is 0 Å². The van der Waals surface area contributed by atoms with Crippen LogP contribution in [0.4, 0.5) is 18.4 Å². The van der Waals surface area contributed by atoms with Crippen molar-refractivity contribution in [2.45, 2.75) is 12.2 Å². The van der Waals surface area contributed by atoms with Crippen LogP contribution >= 0.6 is 0 Å². The van der Waals surface area contributed by atoms with Crippen LogP contribution in [-0.4, -0.2) is 19.6 Å². The van der Waals surface area contributed by atoms with Gasteiger partial charge in [-0.05, 0) is 19.1 Å². The number of anilines is 1. The molecule has 4 nitrogen and oxygen atoms in total.